The average Bonchev–Trinajstić information content (AvgIpc) is 3.30. The minimum absolute atomic E-state index is 0.0260. The number of aryl methyl sites for hydroxylation is 1. The number of piperazine rings is 1. The predicted octanol–water partition coefficient (Wildman–Crippen LogP) is 4.41. The van der Waals surface area contributed by atoms with E-state index in [-0.39, 0.29) is 17.7 Å². The first-order chi connectivity index (χ1) is 21.3. The maximum Gasteiger partial charge on any atom is 0.280 e. The number of ether oxygens (including phenoxy) is 2. The van der Waals surface area contributed by atoms with E-state index in [4.69, 9.17) is 9.47 Å². The third-order valence-corrected chi connectivity index (χ3v) is 9.88. The monoisotopic (exact) mass is 610 g/mol. The van der Waals surface area contributed by atoms with Crippen LogP contribution >= 0.6 is 0 Å². The normalized spacial score (nSPS) is 22.0. The Morgan fingerprint density at radius 1 is 1.18 bits per heavy atom. The molecule has 44 heavy (non-hydrogen) atoms. The van der Waals surface area contributed by atoms with Crippen LogP contribution in [-0.2, 0) is 26.3 Å². The van der Waals surface area contributed by atoms with E-state index in [1.165, 1.54) is 6.08 Å². The first kappa shape index (κ1) is 30.9. The van der Waals surface area contributed by atoms with Crippen LogP contribution in [0.25, 0.3) is 0 Å². The van der Waals surface area contributed by atoms with Crippen molar-refractivity contribution in [3.05, 3.63) is 59.1 Å². The molecule has 0 aromatic carbocycles. The fourth-order valence-corrected chi connectivity index (χ4v) is 7.55. The fraction of sp³-hybridized carbons (Fsp3) is 0.606. The van der Waals surface area contributed by atoms with Gasteiger partial charge in [0.2, 0.25) is 5.91 Å². The number of nitrogens with zero attached hydrogens (tertiary/aromatic N) is 6. The molecule has 0 radical (unpaired) electrons. The van der Waals surface area contributed by atoms with E-state index in [0.29, 0.717) is 56.6 Å². The van der Waals surface area contributed by atoms with Crippen LogP contribution in [0, 0.1) is 6.92 Å². The Bertz CT molecular complexity index is 1370. The molecule has 9 nitrogen and oxygen atoms in total. The van der Waals surface area contributed by atoms with Gasteiger partial charge in [-0.1, -0.05) is 19.9 Å². The molecule has 6 heterocycles. The Labute approximate surface area is 258 Å². The second kappa shape index (κ2) is 12.7. The molecule has 3 saturated heterocycles. The standard InChI is InChI=1S/C33H44F2N6O3/c1-5-7-24-25(41-19-23(20-41)38-14-16-40(17-15-38)28(42)6-2)18-27(37-30(24)32(34)35)39-12-9-33(10-13-39)29-22(3)8-11-36-31(29)26(44-33)21-43-4/h6,8,11,18,23,26,32H,2,5,7,9-10,12-17,19-21H2,1,3-4H3. The van der Waals surface area contributed by atoms with Crippen molar-refractivity contribution in [3.8, 4) is 0 Å². The quantitative estimate of drug-likeness (QED) is 0.387. The van der Waals surface area contributed by atoms with E-state index in [1.807, 2.05) is 30.2 Å². The van der Waals surface area contributed by atoms with Gasteiger partial charge in [-0.15, -0.1) is 0 Å². The first-order valence-corrected chi connectivity index (χ1v) is 15.9. The van der Waals surface area contributed by atoms with Crippen LogP contribution < -0.4 is 9.80 Å². The molecule has 11 heteroatoms. The molecular formula is C33H44F2N6O3. The third-order valence-electron chi connectivity index (χ3n) is 9.88. The molecule has 0 aliphatic carbocycles. The van der Waals surface area contributed by atoms with Crippen molar-refractivity contribution in [1.82, 2.24) is 19.8 Å². The van der Waals surface area contributed by atoms with Crippen LogP contribution in [0.5, 0.6) is 0 Å². The summed E-state index contributed by atoms with van der Waals surface area (Å²) in [6, 6.07) is 4.40. The summed E-state index contributed by atoms with van der Waals surface area (Å²) in [4.78, 5) is 29.9. The van der Waals surface area contributed by atoms with Gasteiger partial charge in [0.15, 0.2) is 0 Å². The number of carbonyl (C=O) groups is 1. The van der Waals surface area contributed by atoms with Gasteiger partial charge in [0, 0.05) is 94.6 Å². The molecule has 1 atom stereocenters. The average molecular weight is 611 g/mol. The molecule has 1 spiro atoms. The number of halogens is 2. The van der Waals surface area contributed by atoms with Crippen LogP contribution in [0.2, 0.25) is 0 Å². The van der Waals surface area contributed by atoms with Gasteiger partial charge in [-0.25, -0.2) is 13.8 Å². The highest BCUT2D eigenvalue weighted by molar-refractivity contribution is 5.87. The molecule has 0 N–H and O–H groups in total. The van der Waals surface area contributed by atoms with E-state index in [0.717, 1.165) is 67.9 Å². The second-order valence-corrected chi connectivity index (χ2v) is 12.5. The van der Waals surface area contributed by atoms with E-state index >= 15 is 0 Å². The Morgan fingerprint density at radius 2 is 1.91 bits per heavy atom. The van der Waals surface area contributed by atoms with Gasteiger partial charge in [-0.2, -0.15) is 0 Å². The highest BCUT2D eigenvalue weighted by atomic mass is 19.3. The number of hydrogen-bond donors (Lipinski definition) is 0. The molecule has 238 valence electrons. The molecular weight excluding hydrogens is 566 g/mol. The summed E-state index contributed by atoms with van der Waals surface area (Å²) in [7, 11) is 1.67. The summed E-state index contributed by atoms with van der Waals surface area (Å²) in [5, 5.41) is 0. The van der Waals surface area contributed by atoms with Crippen molar-refractivity contribution in [1.29, 1.82) is 0 Å². The zero-order chi connectivity index (χ0) is 31.0. The lowest BCUT2D eigenvalue weighted by molar-refractivity contribution is -0.128. The molecule has 6 rings (SSSR count). The van der Waals surface area contributed by atoms with Crippen molar-refractivity contribution in [2.45, 2.75) is 63.7 Å². The number of hydrogen-bond acceptors (Lipinski definition) is 8. The Morgan fingerprint density at radius 3 is 2.55 bits per heavy atom. The zero-order valence-electron chi connectivity index (χ0n) is 26.1. The van der Waals surface area contributed by atoms with E-state index in [2.05, 4.69) is 38.2 Å². The van der Waals surface area contributed by atoms with Gasteiger partial charge in [0.25, 0.3) is 6.43 Å². The van der Waals surface area contributed by atoms with Gasteiger partial charge in [-0.3, -0.25) is 14.7 Å². The SMILES string of the molecule is C=CC(=O)N1CCN(C2CN(c3cc(N4CCC5(CC4)OC(COC)c4nccc(C)c45)nc(C(F)F)c3CCC)C2)CC1. The topological polar surface area (TPSA) is 74.3 Å². The van der Waals surface area contributed by atoms with Crippen LogP contribution in [0.3, 0.4) is 0 Å². The zero-order valence-corrected chi connectivity index (χ0v) is 26.1. The van der Waals surface area contributed by atoms with Crippen molar-refractivity contribution >= 4 is 17.4 Å². The number of fused-ring (bicyclic) bond motifs is 2. The van der Waals surface area contributed by atoms with E-state index in [1.54, 1.807) is 7.11 Å². The molecule has 3 fully saturated rings. The molecule has 1 amide bonds. The van der Waals surface area contributed by atoms with E-state index < -0.39 is 12.0 Å². The highest BCUT2D eigenvalue weighted by Crippen LogP contribution is 2.50. The van der Waals surface area contributed by atoms with E-state index in [9.17, 15) is 13.6 Å². The number of amides is 1. The Balaban J connectivity index is 1.20. The Hall–Kier alpha value is -3.15. The molecule has 4 aliphatic heterocycles. The van der Waals surface area contributed by atoms with Crippen molar-refractivity contribution in [2.75, 3.05) is 75.9 Å². The number of piperidine rings is 1. The summed E-state index contributed by atoms with van der Waals surface area (Å²) in [5.74, 6) is 0.585. The van der Waals surface area contributed by atoms with Gasteiger partial charge in [0.1, 0.15) is 17.6 Å². The minimum atomic E-state index is -2.65. The lowest BCUT2D eigenvalue weighted by Gasteiger charge is -2.49. The number of pyridine rings is 2. The summed E-state index contributed by atoms with van der Waals surface area (Å²) >= 11 is 0. The molecule has 2 aromatic heterocycles. The van der Waals surface area contributed by atoms with Crippen LogP contribution in [0.4, 0.5) is 20.3 Å². The van der Waals surface area contributed by atoms with Crippen molar-refractivity contribution < 1.29 is 23.0 Å². The lowest BCUT2D eigenvalue weighted by Crippen LogP contribution is -2.63. The maximum absolute atomic E-state index is 14.5. The minimum Gasteiger partial charge on any atom is -0.382 e. The summed E-state index contributed by atoms with van der Waals surface area (Å²) in [5.41, 5.74) is 4.25. The number of aromatic nitrogens is 2. The van der Waals surface area contributed by atoms with Crippen molar-refractivity contribution in [2.24, 2.45) is 0 Å². The molecule has 1 unspecified atom stereocenters. The summed E-state index contributed by atoms with van der Waals surface area (Å²) in [6.45, 7) is 14.0. The smallest absolute Gasteiger partial charge is 0.280 e. The molecule has 0 saturated carbocycles. The summed E-state index contributed by atoms with van der Waals surface area (Å²) in [6.07, 6.45) is 3.11. The van der Waals surface area contributed by atoms with Crippen LogP contribution in [0.1, 0.15) is 66.8 Å². The number of methoxy groups -OCH3 is 1. The first-order valence-electron chi connectivity index (χ1n) is 15.9. The van der Waals surface area contributed by atoms with Gasteiger partial charge >= 0.3 is 0 Å². The molecule has 2 aromatic rings. The number of rotatable bonds is 9. The molecule has 0 bridgehead atoms. The lowest BCUT2D eigenvalue weighted by atomic mass is 9.82. The van der Waals surface area contributed by atoms with Crippen LogP contribution in [-0.4, -0.2) is 97.8 Å². The largest absolute Gasteiger partial charge is 0.382 e. The number of alkyl halides is 2. The predicted molar refractivity (Wildman–Crippen MR) is 165 cm³/mol. The summed E-state index contributed by atoms with van der Waals surface area (Å²) < 4.78 is 41.2. The second-order valence-electron chi connectivity index (χ2n) is 12.5. The van der Waals surface area contributed by atoms with Gasteiger partial charge < -0.3 is 24.2 Å². The number of anilines is 2. The number of carbonyl (C=O) groups excluding carboxylic acids is 1. The third kappa shape index (κ3) is 5.58. The Kier molecular flexibility index (Phi) is 8.90. The van der Waals surface area contributed by atoms with Gasteiger partial charge in [0.05, 0.1) is 17.9 Å². The van der Waals surface area contributed by atoms with Gasteiger partial charge in [-0.05, 0) is 43.9 Å². The highest BCUT2D eigenvalue weighted by Gasteiger charge is 2.49. The maximum atomic E-state index is 14.5. The molecule has 4 aliphatic rings. The van der Waals surface area contributed by atoms with Crippen LogP contribution in [0.15, 0.2) is 31.0 Å². The fourth-order valence-electron chi connectivity index (χ4n) is 7.55. The van der Waals surface area contributed by atoms with Crippen molar-refractivity contribution in [3.63, 3.8) is 0 Å².